The van der Waals surface area contributed by atoms with Gasteiger partial charge in [0.2, 0.25) is 0 Å². The molecule has 0 bridgehead atoms. The van der Waals surface area contributed by atoms with Crippen molar-refractivity contribution >= 4 is 11.9 Å². The van der Waals surface area contributed by atoms with Crippen molar-refractivity contribution in [1.82, 2.24) is 0 Å². The second-order valence-corrected chi connectivity index (χ2v) is 5.53. The molecular formula is C13H18O6. The Morgan fingerprint density at radius 1 is 1.58 bits per heavy atom. The van der Waals surface area contributed by atoms with Crippen LogP contribution in [-0.4, -0.2) is 42.0 Å². The number of aliphatic hydroxyl groups excluding tert-OH is 2. The van der Waals surface area contributed by atoms with Gasteiger partial charge in [0.05, 0.1) is 25.9 Å². The summed E-state index contributed by atoms with van der Waals surface area (Å²) in [6.07, 6.45) is -0.294. The van der Waals surface area contributed by atoms with Crippen LogP contribution in [0.4, 0.5) is 0 Å². The van der Waals surface area contributed by atoms with Crippen LogP contribution in [0.5, 0.6) is 0 Å². The van der Waals surface area contributed by atoms with Crippen molar-refractivity contribution in [3.8, 4) is 0 Å². The third-order valence-electron chi connectivity index (χ3n) is 4.82. The van der Waals surface area contributed by atoms with E-state index in [4.69, 9.17) is 4.74 Å². The molecule has 19 heavy (non-hydrogen) atoms. The summed E-state index contributed by atoms with van der Waals surface area (Å²) < 4.78 is 9.63. The van der Waals surface area contributed by atoms with Crippen LogP contribution < -0.4 is 0 Å². The highest BCUT2D eigenvalue weighted by molar-refractivity contribution is 5.83. The van der Waals surface area contributed by atoms with Crippen molar-refractivity contribution in [3.05, 3.63) is 11.8 Å². The number of ether oxygens (including phenoxy) is 2. The van der Waals surface area contributed by atoms with Crippen LogP contribution in [0.1, 0.15) is 20.3 Å². The number of methoxy groups -OCH3 is 1. The molecule has 1 aliphatic carbocycles. The quantitative estimate of drug-likeness (QED) is 0.562. The van der Waals surface area contributed by atoms with Crippen molar-refractivity contribution < 1.29 is 29.3 Å². The Morgan fingerprint density at radius 3 is 2.74 bits per heavy atom. The average molecular weight is 270 g/mol. The molecule has 0 aromatic heterocycles. The van der Waals surface area contributed by atoms with Crippen molar-refractivity contribution in [2.45, 2.75) is 26.4 Å². The molecule has 2 N–H and O–H groups in total. The number of carbonyl (C=O) groups excluding carboxylic acids is 2. The summed E-state index contributed by atoms with van der Waals surface area (Å²) in [5, 5.41) is 19.9. The van der Waals surface area contributed by atoms with Gasteiger partial charge in [-0.15, -0.1) is 0 Å². The van der Waals surface area contributed by atoms with E-state index < -0.39 is 34.8 Å². The van der Waals surface area contributed by atoms with E-state index in [1.807, 2.05) is 0 Å². The minimum absolute atomic E-state index is 0.0808. The van der Waals surface area contributed by atoms with E-state index in [-0.39, 0.29) is 13.0 Å². The maximum Gasteiger partial charge on any atom is 0.315 e. The number of rotatable bonds is 2. The molecule has 1 unspecified atom stereocenters. The van der Waals surface area contributed by atoms with Gasteiger partial charge in [-0.25, -0.2) is 0 Å². The van der Waals surface area contributed by atoms with E-state index in [1.54, 1.807) is 13.8 Å². The number of carbonyl (C=O) groups is 2. The lowest BCUT2D eigenvalue weighted by Crippen LogP contribution is -2.42. The second-order valence-electron chi connectivity index (χ2n) is 5.53. The molecule has 1 aliphatic heterocycles. The molecule has 0 amide bonds. The molecule has 0 aromatic rings. The molecule has 0 spiro atoms. The zero-order valence-corrected chi connectivity index (χ0v) is 11.2. The van der Waals surface area contributed by atoms with E-state index >= 15 is 0 Å². The number of aliphatic hydroxyl groups is 2. The first kappa shape index (κ1) is 13.9. The Bertz CT molecular complexity index is 456. The summed E-state index contributed by atoms with van der Waals surface area (Å²) in [5.41, 5.74) is -1.50. The second kappa shape index (κ2) is 4.23. The lowest BCUT2D eigenvalue weighted by Gasteiger charge is -2.30. The number of hydrogen-bond donors (Lipinski definition) is 2. The van der Waals surface area contributed by atoms with Crippen LogP contribution >= 0.6 is 0 Å². The predicted molar refractivity (Wildman–Crippen MR) is 64.0 cm³/mol. The highest BCUT2D eigenvalue weighted by Gasteiger charge is 2.70. The Labute approximate surface area is 111 Å². The summed E-state index contributed by atoms with van der Waals surface area (Å²) in [4.78, 5) is 23.4. The third-order valence-corrected chi connectivity index (χ3v) is 4.82. The van der Waals surface area contributed by atoms with Crippen molar-refractivity contribution in [1.29, 1.82) is 0 Å². The fraction of sp³-hybridized carbons (Fsp3) is 0.692. The summed E-state index contributed by atoms with van der Waals surface area (Å²) in [6, 6.07) is 0. The van der Waals surface area contributed by atoms with Crippen LogP contribution in [-0.2, 0) is 19.1 Å². The summed E-state index contributed by atoms with van der Waals surface area (Å²) in [7, 11) is 1.25. The van der Waals surface area contributed by atoms with Crippen molar-refractivity contribution in [2.75, 3.05) is 13.7 Å². The predicted octanol–water partition coefficient (Wildman–Crippen LogP) is 0.551. The minimum atomic E-state index is -1.15. The smallest absolute Gasteiger partial charge is 0.315 e. The molecule has 0 radical (unpaired) electrons. The van der Waals surface area contributed by atoms with Gasteiger partial charge in [-0.1, -0.05) is 6.92 Å². The van der Waals surface area contributed by atoms with Gasteiger partial charge in [0, 0.05) is 11.3 Å². The van der Waals surface area contributed by atoms with Crippen molar-refractivity contribution in [2.24, 2.45) is 16.7 Å². The van der Waals surface area contributed by atoms with E-state index in [2.05, 4.69) is 4.74 Å². The van der Waals surface area contributed by atoms with Crippen molar-refractivity contribution in [3.63, 3.8) is 0 Å². The van der Waals surface area contributed by atoms with Gasteiger partial charge in [0.25, 0.3) is 0 Å². The maximum absolute atomic E-state index is 11.9. The Morgan fingerprint density at radius 2 is 2.21 bits per heavy atom. The number of fused-ring (bicyclic) bond motifs is 1. The van der Waals surface area contributed by atoms with E-state index in [1.165, 1.54) is 7.11 Å². The first-order valence-corrected chi connectivity index (χ1v) is 6.09. The molecule has 1 saturated carbocycles. The molecule has 1 heterocycles. The normalized spacial score (nSPS) is 43.2. The Hall–Kier alpha value is -1.56. The minimum Gasteiger partial charge on any atom is -0.516 e. The maximum atomic E-state index is 11.9. The number of cyclic esters (lactones) is 1. The molecule has 0 aromatic carbocycles. The van der Waals surface area contributed by atoms with Gasteiger partial charge in [-0.2, -0.15) is 0 Å². The highest BCUT2D eigenvalue weighted by Crippen LogP contribution is 2.62. The van der Waals surface area contributed by atoms with Crippen LogP contribution in [0.3, 0.4) is 0 Å². The summed E-state index contributed by atoms with van der Waals surface area (Å²) in [5.74, 6) is -1.64. The van der Waals surface area contributed by atoms with Gasteiger partial charge in [0.15, 0.2) is 0 Å². The summed E-state index contributed by atoms with van der Waals surface area (Å²) in [6.45, 7) is 3.44. The van der Waals surface area contributed by atoms with Crippen LogP contribution in [0.2, 0.25) is 0 Å². The Balaban J connectivity index is 2.45. The van der Waals surface area contributed by atoms with Gasteiger partial charge >= 0.3 is 11.9 Å². The first-order valence-electron chi connectivity index (χ1n) is 6.09. The molecular weight excluding hydrogens is 252 g/mol. The SMILES string of the molecule is COC(=O)C[C@H]1/C(=C\O)[C@]2(C)COC(=O)[C@]2(C)C1O. The highest BCUT2D eigenvalue weighted by atomic mass is 16.5. The number of esters is 2. The van der Waals surface area contributed by atoms with Gasteiger partial charge in [0.1, 0.15) is 12.0 Å². The van der Waals surface area contributed by atoms with Gasteiger partial charge < -0.3 is 19.7 Å². The fourth-order valence-electron chi connectivity index (χ4n) is 3.27. The zero-order valence-electron chi connectivity index (χ0n) is 11.2. The molecule has 6 nitrogen and oxygen atoms in total. The third kappa shape index (κ3) is 1.52. The Kier molecular flexibility index (Phi) is 3.09. The van der Waals surface area contributed by atoms with E-state index in [0.29, 0.717) is 5.57 Å². The monoisotopic (exact) mass is 270 g/mol. The standard InChI is InChI=1S/C13H18O6/c1-12-6-19-11(17)13(12,2)10(16)7(8(12)5-14)4-9(15)18-3/h5,7,10,14,16H,4,6H2,1-3H3/b8-5+/t7-,10?,12-,13-/m0/s1. The van der Waals surface area contributed by atoms with Gasteiger partial charge in [-0.3, -0.25) is 9.59 Å². The van der Waals surface area contributed by atoms with E-state index in [0.717, 1.165) is 6.26 Å². The van der Waals surface area contributed by atoms with E-state index in [9.17, 15) is 19.8 Å². The topological polar surface area (TPSA) is 93.1 Å². The molecule has 2 aliphatic rings. The lowest BCUT2D eigenvalue weighted by molar-refractivity contribution is -0.153. The lowest BCUT2D eigenvalue weighted by atomic mass is 9.68. The molecule has 4 atom stereocenters. The molecule has 6 heteroatoms. The zero-order chi connectivity index (χ0) is 14.4. The molecule has 1 saturated heterocycles. The molecule has 2 fully saturated rings. The summed E-state index contributed by atoms with van der Waals surface area (Å²) >= 11 is 0. The number of hydrogen-bond acceptors (Lipinski definition) is 6. The average Bonchev–Trinajstić information content (AvgIpc) is 2.71. The first-order chi connectivity index (χ1) is 8.82. The molecule has 2 rings (SSSR count). The van der Waals surface area contributed by atoms with Crippen LogP contribution in [0.15, 0.2) is 11.8 Å². The van der Waals surface area contributed by atoms with Crippen LogP contribution in [0.25, 0.3) is 0 Å². The van der Waals surface area contributed by atoms with Gasteiger partial charge in [-0.05, 0) is 12.5 Å². The fourth-order valence-corrected chi connectivity index (χ4v) is 3.27. The molecule has 106 valence electrons. The van der Waals surface area contributed by atoms with Crippen LogP contribution in [0, 0.1) is 16.7 Å². The largest absolute Gasteiger partial charge is 0.516 e.